The smallest absolute Gasteiger partial charge is 0.411 e. The van der Waals surface area contributed by atoms with Crippen LogP contribution in [0.25, 0.3) is 10.9 Å². The molecule has 1 aromatic heterocycles. The molecule has 2 unspecified atom stereocenters. The van der Waals surface area contributed by atoms with Gasteiger partial charge < -0.3 is 9.72 Å². The molecule has 2 aliphatic heterocycles. The van der Waals surface area contributed by atoms with Gasteiger partial charge in [0.05, 0.1) is 6.04 Å². The monoisotopic (exact) mass is 304 g/mol. The third-order valence-corrected chi connectivity index (χ3v) is 4.96. The average Bonchev–Trinajstić information content (AvgIpc) is 3.15. The number of ether oxygens (including phenoxy) is 1. The number of rotatable bonds is 1. The first-order chi connectivity index (χ1) is 11.3. The fourth-order valence-electron chi connectivity index (χ4n) is 3.96. The summed E-state index contributed by atoms with van der Waals surface area (Å²) >= 11 is 0. The van der Waals surface area contributed by atoms with Crippen LogP contribution in [0.2, 0.25) is 0 Å². The summed E-state index contributed by atoms with van der Waals surface area (Å²) in [6, 6.07) is 18.5. The number of cyclic esters (lactones) is 1. The molecule has 1 N–H and O–H groups in total. The molecule has 1 fully saturated rings. The highest BCUT2D eigenvalue weighted by Gasteiger charge is 2.45. The minimum Gasteiger partial charge on any atom is -0.447 e. The zero-order chi connectivity index (χ0) is 15.4. The van der Waals surface area contributed by atoms with Crippen LogP contribution in [0, 0.1) is 0 Å². The molecule has 4 nitrogen and oxygen atoms in total. The number of aromatic amines is 1. The lowest BCUT2D eigenvalue weighted by Gasteiger charge is -2.35. The van der Waals surface area contributed by atoms with Gasteiger partial charge in [-0.2, -0.15) is 0 Å². The van der Waals surface area contributed by atoms with Crippen LogP contribution in [0.3, 0.4) is 0 Å². The van der Waals surface area contributed by atoms with E-state index in [1.54, 1.807) is 0 Å². The predicted molar refractivity (Wildman–Crippen MR) is 87.3 cm³/mol. The standard InChI is InChI=1S/C19H16N2O2/c22-19-21-13(11-23-19)10-15-14-8-4-5-9-16(14)20-17(15)18(21)12-6-2-1-3-7-12/h1-9,13,18,20H,10-11H2. The molecule has 1 saturated heterocycles. The molecule has 1 amide bonds. The second-order valence-electron chi connectivity index (χ2n) is 6.22. The minimum absolute atomic E-state index is 0.104. The zero-order valence-corrected chi connectivity index (χ0v) is 12.5. The van der Waals surface area contributed by atoms with Crippen molar-refractivity contribution in [1.82, 2.24) is 9.88 Å². The van der Waals surface area contributed by atoms with Crippen molar-refractivity contribution in [2.75, 3.05) is 6.61 Å². The van der Waals surface area contributed by atoms with Crippen molar-refractivity contribution in [3.63, 3.8) is 0 Å². The van der Waals surface area contributed by atoms with E-state index in [9.17, 15) is 4.79 Å². The van der Waals surface area contributed by atoms with Gasteiger partial charge in [0, 0.05) is 16.6 Å². The number of benzene rings is 2. The second-order valence-corrected chi connectivity index (χ2v) is 6.22. The molecule has 3 heterocycles. The van der Waals surface area contributed by atoms with E-state index in [1.807, 2.05) is 29.2 Å². The number of carbonyl (C=O) groups is 1. The third kappa shape index (κ3) is 1.75. The first-order valence-corrected chi connectivity index (χ1v) is 7.92. The molecule has 0 bridgehead atoms. The highest BCUT2D eigenvalue weighted by atomic mass is 16.6. The van der Waals surface area contributed by atoms with Crippen LogP contribution < -0.4 is 0 Å². The number of aromatic nitrogens is 1. The lowest BCUT2D eigenvalue weighted by Crippen LogP contribution is -2.42. The van der Waals surface area contributed by atoms with Crippen LogP contribution in [-0.2, 0) is 11.2 Å². The number of fused-ring (bicyclic) bond motifs is 4. The second kappa shape index (κ2) is 4.62. The summed E-state index contributed by atoms with van der Waals surface area (Å²) in [6.45, 7) is 0.473. The maximum Gasteiger partial charge on any atom is 0.411 e. The number of amides is 1. The topological polar surface area (TPSA) is 45.3 Å². The average molecular weight is 304 g/mol. The highest BCUT2D eigenvalue weighted by Crippen LogP contribution is 2.42. The molecule has 23 heavy (non-hydrogen) atoms. The summed E-state index contributed by atoms with van der Waals surface area (Å²) in [5.74, 6) is 0. The van der Waals surface area contributed by atoms with Gasteiger partial charge in [0.25, 0.3) is 0 Å². The van der Waals surface area contributed by atoms with E-state index >= 15 is 0 Å². The third-order valence-electron chi connectivity index (χ3n) is 4.96. The molecular formula is C19H16N2O2. The number of hydrogen-bond acceptors (Lipinski definition) is 2. The Bertz CT molecular complexity index is 900. The fraction of sp³-hybridized carbons (Fsp3) is 0.211. The Morgan fingerprint density at radius 3 is 2.70 bits per heavy atom. The van der Waals surface area contributed by atoms with E-state index < -0.39 is 0 Å². The van der Waals surface area contributed by atoms with Crippen molar-refractivity contribution in [3.8, 4) is 0 Å². The van der Waals surface area contributed by atoms with Gasteiger partial charge >= 0.3 is 6.09 Å². The molecule has 2 aliphatic rings. The van der Waals surface area contributed by atoms with E-state index in [2.05, 4.69) is 35.3 Å². The number of para-hydroxylation sites is 1. The Balaban J connectivity index is 1.78. The number of nitrogens with zero attached hydrogens (tertiary/aromatic N) is 1. The normalized spacial score (nSPS) is 22.8. The minimum atomic E-state index is -0.215. The summed E-state index contributed by atoms with van der Waals surface area (Å²) in [5.41, 5.74) is 4.68. The molecular weight excluding hydrogens is 288 g/mol. The van der Waals surface area contributed by atoms with Crippen LogP contribution in [-0.4, -0.2) is 28.6 Å². The molecule has 5 rings (SSSR count). The van der Waals surface area contributed by atoms with E-state index in [0.717, 1.165) is 23.2 Å². The highest BCUT2D eigenvalue weighted by molar-refractivity contribution is 5.86. The lowest BCUT2D eigenvalue weighted by molar-refractivity contribution is 0.147. The Hall–Kier alpha value is -2.75. The van der Waals surface area contributed by atoms with Crippen LogP contribution in [0.15, 0.2) is 54.6 Å². The maximum atomic E-state index is 12.3. The SMILES string of the molecule is O=C1OCC2Cc3c([nH]c4ccccc34)C(c3ccccc3)N12. The van der Waals surface area contributed by atoms with Gasteiger partial charge in [0.2, 0.25) is 0 Å². The lowest BCUT2D eigenvalue weighted by atomic mass is 9.89. The van der Waals surface area contributed by atoms with E-state index in [0.29, 0.717) is 6.61 Å². The van der Waals surface area contributed by atoms with Crippen LogP contribution >= 0.6 is 0 Å². The van der Waals surface area contributed by atoms with E-state index in [-0.39, 0.29) is 18.2 Å². The largest absolute Gasteiger partial charge is 0.447 e. The number of carbonyl (C=O) groups excluding carboxylic acids is 1. The molecule has 0 spiro atoms. The predicted octanol–water partition coefficient (Wildman–Crippen LogP) is 3.63. The number of hydrogen-bond donors (Lipinski definition) is 1. The summed E-state index contributed by atoms with van der Waals surface area (Å²) in [7, 11) is 0. The van der Waals surface area contributed by atoms with Crippen molar-refractivity contribution in [2.45, 2.75) is 18.5 Å². The number of H-pyrrole nitrogens is 1. The summed E-state index contributed by atoms with van der Waals surface area (Å²) in [6.07, 6.45) is 0.627. The maximum absolute atomic E-state index is 12.3. The quantitative estimate of drug-likeness (QED) is 0.746. The summed E-state index contributed by atoms with van der Waals surface area (Å²) < 4.78 is 5.34. The van der Waals surface area contributed by atoms with Crippen molar-refractivity contribution in [2.24, 2.45) is 0 Å². The molecule has 114 valence electrons. The molecule has 2 atom stereocenters. The molecule has 4 heteroatoms. The van der Waals surface area contributed by atoms with Crippen LogP contribution in [0.1, 0.15) is 22.9 Å². The van der Waals surface area contributed by atoms with Gasteiger partial charge in [-0.1, -0.05) is 48.5 Å². The van der Waals surface area contributed by atoms with E-state index in [4.69, 9.17) is 4.74 Å². The van der Waals surface area contributed by atoms with Crippen molar-refractivity contribution in [3.05, 3.63) is 71.4 Å². The van der Waals surface area contributed by atoms with Crippen molar-refractivity contribution >= 4 is 17.0 Å². The summed E-state index contributed by atoms with van der Waals surface area (Å²) in [4.78, 5) is 17.8. The Labute approximate surface area is 133 Å². The Kier molecular flexibility index (Phi) is 2.56. The number of nitrogens with one attached hydrogen (secondary N) is 1. The molecule has 0 aliphatic carbocycles. The Morgan fingerprint density at radius 2 is 1.83 bits per heavy atom. The van der Waals surface area contributed by atoms with Crippen LogP contribution in [0.4, 0.5) is 4.79 Å². The zero-order valence-electron chi connectivity index (χ0n) is 12.5. The summed E-state index contributed by atoms with van der Waals surface area (Å²) in [5, 5.41) is 1.25. The molecule has 0 saturated carbocycles. The van der Waals surface area contributed by atoms with Gasteiger partial charge in [-0.3, -0.25) is 4.90 Å². The first kappa shape index (κ1) is 12.8. The van der Waals surface area contributed by atoms with Gasteiger partial charge in [0.1, 0.15) is 12.6 Å². The molecule has 2 aromatic carbocycles. The molecule has 0 radical (unpaired) electrons. The van der Waals surface area contributed by atoms with Gasteiger partial charge in [-0.15, -0.1) is 0 Å². The van der Waals surface area contributed by atoms with E-state index in [1.165, 1.54) is 10.9 Å². The van der Waals surface area contributed by atoms with Gasteiger partial charge in [-0.05, 0) is 23.6 Å². The van der Waals surface area contributed by atoms with Gasteiger partial charge in [-0.25, -0.2) is 4.79 Å². The van der Waals surface area contributed by atoms with Crippen molar-refractivity contribution in [1.29, 1.82) is 0 Å². The van der Waals surface area contributed by atoms with Gasteiger partial charge in [0.15, 0.2) is 0 Å². The van der Waals surface area contributed by atoms with Crippen molar-refractivity contribution < 1.29 is 9.53 Å². The molecule has 3 aromatic rings. The fourth-order valence-corrected chi connectivity index (χ4v) is 3.96. The van der Waals surface area contributed by atoms with Crippen LogP contribution in [0.5, 0.6) is 0 Å². The Morgan fingerprint density at radius 1 is 1.04 bits per heavy atom. The first-order valence-electron chi connectivity index (χ1n) is 7.92.